The van der Waals surface area contributed by atoms with E-state index in [2.05, 4.69) is 0 Å². The number of halogens is 4. The number of rotatable bonds is 0. The fourth-order valence-corrected chi connectivity index (χ4v) is 0. The summed E-state index contributed by atoms with van der Waals surface area (Å²) in [7, 11) is 0. The van der Waals surface area contributed by atoms with Gasteiger partial charge in [-0.2, -0.15) is 0 Å². The molecule has 0 atom stereocenters. The summed E-state index contributed by atoms with van der Waals surface area (Å²) in [6.45, 7) is 0. The number of hydrogen-bond donors (Lipinski definition) is 0. The zero-order chi connectivity index (χ0) is 0. The van der Waals surface area contributed by atoms with Crippen LogP contribution in [0.1, 0.15) is 0 Å². The molecular formula is BrI3Pb-4. The quantitative estimate of drug-likeness (QED) is 0.178. The monoisotopic (exact) mass is 668 g/mol. The molecule has 0 amide bonds. The second kappa shape index (κ2) is 25.6. The smallest absolute Gasteiger partial charge is 0 e. The molecule has 5 heavy (non-hydrogen) atoms. The third-order valence-electron chi connectivity index (χ3n) is 0. The van der Waals surface area contributed by atoms with Gasteiger partial charge in [-0.25, -0.2) is 0 Å². The maximum Gasteiger partial charge on any atom is 0 e. The minimum atomic E-state index is 0. The molecule has 0 N–H and O–H groups in total. The van der Waals surface area contributed by atoms with Gasteiger partial charge in [-0.15, -0.1) is 0 Å². The Bertz CT molecular complexity index is 6.85. The molecule has 0 saturated carbocycles. The van der Waals surface area contributed by atoms with Crippen LogP contribution in [0.3, 0.4) is 0 Å². The summed E-state index contributed by atoms with van der Waals surface area (Å²) in [5, 5.41) is 0. The normalized spacial score (nSPS) is 0. The summed E-state index contributed by atoms with van der Waals surface area (Å²) in [6, 6.07) is 0. The zero-order valence-electron chi connectivity index (χ0n) is 2.01. The van der Waals surface area contributed by atoms with Crippen LogP contribution in [-0.4, -0.2) is 27.3 Å². The van der Waals surface area contributed by atoms with Crippen molar-refractivity contribution in [3.63, 3.8) is 0 Å². The van der Waals surface area contributed by atoms with Gasteiger partial charge in [0.15, 0.2) is 0 Å². The van der Waals surface area contributed by atoms with Crippen molar-refractivity contribution in [3.05, 3.63) is 0 Å². The van der Waals surface area contributed by atoms with E-state index in [0.29, 0.717) is 0 Å². The van der Waals surface area contributed by atoms with Crippen LogP contribution in [-0.2, 0) is 0 Å². The van der Waals surface area contributed by atoms with Gasteiger partial charge in [0.2, 0.25) is 0 Å². The first-order valence-corrected chi connectivity index (χ1v) is 0. The molecule has 0 aromatic heterocycles. The van der Waals surface area contributed by atoms with Gasteiger partial charge < -0.3 is 88.9 Å². The molecule has 4 radical (unpaired) electrons. The molecule has 0 bridgehead atoms. The first-order chi connectivity index (χ1) is 0. The van der Waals surface area contributed by atoms with Crippen LogP contribution in [0.25, 0.3) is 0 Å². The van der Waals surface area contributed by atoms with Gasteiger partial charge in [0.05, 0.1) is 0 Å². The van der Waals surface area contributed by atoms with Gasteiger partial charge in [-0.3, -0.25) is 0 Å². The Morgan fingerprint density at radius 3 is 0.600 bits per heavy atom. The molecular weight excluding hydrogens is 668 g/mol. The van der Waals surface area contributed by atoms with Crippen molar-refractivity contribution in [2.75, 3.05) is 0 Å². The fraction of sp³-hybridized carbons (Fsp3) is 0. The molecule has 0 fully saturated rings. The third kappa shape index (κ3) is 18.4. The Kier molecular flexibility index (Phi) is 196. The van der Waals surface area contributed by atoms with Gasteiger partial charge in [-0.1, -0.05) is 0 Å². The molecule has 0 aromatic carbocycles. The molecule has 0 heterocycles. The molecule has 0 unspecified atom stereocenters. The summed E-state index contributed by atoms with van der Waals surface area (Å²) in [6.07, 6.45) is 0. The van der Waals surface area contributed by atoms with E-state index in [4.69, 9.17) is 0 Å². The predicted molar refractivity (Wildman–Crippen MR) is 5.75 cm³/mol. The summed E-state index contributed by atoms with van der Waals surface area (Å²) in [5.74, 6) is 0. The topological polar surface area (TPSA) is 0 Å². The molecule has 0 aliphatic heterocycles. The zero-order valence-corrected chi connectivity index (χ0v) is 14.0. The molecule has 0 saturated heterocycles. The molecule has 0 aliphatic rings. The largest absolute Gasteiger partial charge is 1.00 e. The average Bonchev–Trinajstić information content (AvgIpc) is 0. The van der Waals surface area contributed by atoms with E-state index in [1.165, 1.54) is 0 Å². The summed E-state index contributed by atoms with van der Waals surface area (Å²) >= 11 is 0. The van der Waals surface area contributed by atoms with Crippen LogP contribution in [0.15, 0.2) is 0 Å². The Morgan fingerprint density at radius 1 is 0.600 bits per heavy atom. The number of hydrogen-bond acceptors (Lipinski definition) is 0. The van der Waals surface area contributed by atoms with E-state index in [1.54, 1.807) is 0 Å². The maximum absolute atomic E-state index is 0. The molecule has 0 spiro atoms. The Morgan fingerprint density at radius 2 is 0.600 bits per heavy atom. The predicted octanol–water partition coefficient (Wildman–Crippen LogP) is -12.4. The molecule has 0 rings (SSSR count). The van der Waals surface area contributed by atoms with Crippen LogP contribution in [0, 0.1) is 0 Å². The Labute approximate surface area is 114 Å². The van der Waals surface area contributed by atoms with E-state index in [-0.39, 0.29) is 116 Å². The summed E-state index contributed by atoms with van der Waals surface area (Å²) in [4.78, 5) is 0. The minimum absolute atomic E-state index is 0. The van der Waals surface area contributed by atoms with Crippen LogP contribution in [0.4, 0.5) is 0 Å². The average molecular weight is 668 g/mol. The Hall–Kier alpha value is 3.59. The van der Waals surface area contributed by atoms with Gasteiger partial charge in [0.1, 0.15) is 0 Å². The van der Waals surface area contributed by atoms with Gasteiger partial charge in [0, 0.05) is 27.3 Å². The molecule has 0 aliphatic carbocycles. The minimum Gasteiger partial charge on any atom is -1.00 e. The van der Waals surface area contributed by atoms with E-state index in [1.807, 2.05) is 0 Å². The first kappa shape index (κ1) is 38.4. The SMILES string of the molecule is [Br-].[I-].[I-].[I-].[Pb]. The van der Waals surface area contributed by atoms with Gasteiger partial charge >= 0.3 is 0 Å². The van der Waals surface area contributed by atoms with Crippen molar-refractivity contribution in [2.24, 2.45) is 0 Å². The van der Waals surface area contributed by atoms with Crippen molar-refractivity contribution in [2.45, 2.75) is 0 Å². The van der Waals surface area contributed by atoms with Crippen molar-refractivity contribution in [1.82, 2.24) is 0 Å². The van der Waals surface area contributed by atoms with Crippen molar-refractivity contribution in [3.8, 4) is 0 Å². The summed E-state index contributed by atoms with van der Waals surface area (Å²) < 4.78 is 0. The third-order valence-corrected chi connectivity index (χ3v) is 0. The molecule has 5 heteroatoms. The van der Waals surface area contributed by atoms with Crippen LogP contribution < -0.4 is 88.9 Å². The van der Waals surface area contributed by atoms with Crippen molar-refractivity contribution in [1.29, 1.82) is 0 Å². The van der Waals surface area contributed by atoms with E-state index >= 15 is 0 Å². The van der Waals surface area contributed by atoms with E-state index in [0.717, 1.165) is 0 Å². The second-order valence-electron chi connectivity index (χ2n) is 0. The van der Waals surface area contributed by atoms with E-state index in [9.17, 15) is 0 Å². The Balaban J connectivity index is 0. The van der Waals surface area contributed by atoms with Crippen molar-refractivity contribution < 1.29 is 88.9 Å². The second-order valence-corrected chi connectivity index (χ2v) is 0. The van der Waals surface area contributed by atoms with Gasteiger partial charge in [-0.05, 0) is 0 Å². The molecule has 36 valence electrons. The molecule has 0 aromatic rings. The van der Waals surface area contributed by atoms with E-state index < -0.39 is 0 Å². The summed E-state index contributed by atoms with van der Waals surface area (Å²) in [5.41, 5.74) is 0. The van der Waals surface area contributed by atoms with Gasteiger partial charge in [0.25, 0.3) is 0 Å². The van der Waals surface area contributed by atoms with Crippen molar-refractivity contribution >= 4 is 27.3 Å². The standard InChI is InChI=1S/BrH.3HI.Pb/h4*1H;/p-4. The fourth-order valence-electron chi connectivity index (χ4n) is 0. The maximum atomic E-state index is 0. The van der Waals surface area contributed by atoms with Crippen LogP contribution in [0.5, 0.6) is 0 Å². The molecule has 0 nitrogen and oxygen atoms in total. The van der Waals surface area contributed by atoms with Crippen LogP contribution >= 0.6 is 0 Å². The first-order valence-electron chi connectivity index (χ1n) is 0. The van der Waals surface area contributed by atoms with Crippen LogP contribution in [0.2, 0.25) is 0 Å².